The molecule has 1 aliphatic heterocycles. The van der Waals surface area contributed by atoms with Crippen LogP contribution < -0.4 is 0 Å². The summed E-state index contributed by atoms with van der Waals surface area (Å²) >= 11 is 0. The number of carbonyl (C=O) groups excluding carboxylic acids is 1. The van der Waals surface area contributed by atoms with Crippen LogP contribution in [-0.4, -0.2) is 73.2 Å². The molecule has 4 rings (SSSR count). The SMILES string of the molecule is O=C(c1ccccc1-c1ncc[nH]1)N1CCN(CCn2cncn2)CC1. The van der Waals surface area contributed by atoms with E-state index < -0.39 is 0 Å². The summed E-state index contributed by atoms with van der Waals surface area (Å²) in [7, 11) is 0. The number of piperazine rings is 1. The summed E-state index contributed by atoms with van der Waals surface area (Å²) in [5.41, 5.74) is 1.54. The summed E-state index contributed by atoms with van der Waals surface area (Å²) in [4.78, 5) is 28.6. The van der Waals surface area contributed by atoms with E-state index in [1.165, 1.54) is 0 Å². The maximum Gasteiger partial charge on any atom is 0.254 e. The standard InChI is InChI=1S/C18H21N7O/c26-18(16-4-2-1-3-15(16)17-20-5-6-21-17)24-10-7-23(8-11-24)9-12-25-14-19-13-22-25/h1-6,13-14H,7-12H2,(H,20,21). The summed E-state index contributed by atoms with van der Waals surface area (Å²) < 4.78 is 1.83. The molecule has 1 fully saturated rings. The second kappa shape index (κ2) is 7.49. The van der Waals surface area contributed by atoms with Crippen molar-refractivity contribution in [2.45, 2.75) is 6.54 Å². The number of amides is 1. The van der Waals surface area contributed by atoms with Gasteiger partial charge in [-0.05, 0) is 6.07 Å². The number of aromatic amines is 1. The number of rotatable bonds is 5. The molecule has 1 aliphatic rings. The summed E-state index contributed by atoms with van der Waals surface area (Å²) in [5.74, 6) is 0.786. The molecule has 26 heavy (non-hydrogen) atoms. The smallest absolute Gasteiger partial charge is 0.254 e. The minimum Gasteiger partial charge on any atom is -0.345 e. The molecule has 134 valence electrons. The highest BCUT2D eigenvalue weighted by molar-refractivity contribution is 6.00. The van der Waals surface area contributed by atoms with Gasteiger partial charge in [-0.15, -0.1) is 0 Å². The number of nitrogens with zero attached hydrogens (tertiary/aromatic N) is 6. The molecule has 0 aliphatic carbocycles. The minimum atomic E-state index is 0.0629. The Kier molecular flexibility index (Phi) is 4.74. The van der Waals surface area contributed by atoms with Gasteiger partial charge in [0.15, 0.2) is 0 Å². The molecule has 3 aromatic rings. The topological polar surface area (TPSA) is 82.9 Å². The zero-order valence-corrected chi connectivity index (χ0v) is 14.5. The molecule has 0 saturated carbocycles. The van der Waals surface area contributed by atoms with Gasteiger partial charge in [0.25, 0.3) is 5.91 Å². The molecule has 3 heterocycles. The van der Waals surface area contributed by atoms with Gasteiger partial charge in [0.1, 0.15) is 18.5 Å². The lowest BCUT2D eigenvalue weighted by molar-refractivity contribution is 0.0632. The lowest BCUT2D eigenvalue weighted by Gasteiger charge is -2.35. The number of nitrogens with one attached hydrogen (secondary N) is 1. The van der Waals surface area contributed by atoms with Crippen molar-refractivity contribution in [2.75, 3.05) is 32.7 Å². The molecule has 1 N–H and O–H groups in total. The van der Waals surface area contributed by atoms with Crippen LogP contribution in [0.4, 0.5) is 0 Å². The monoisotopic (exact) mass is 351 g/mol. The molecule has 0 atom stereocenters. The molecule has 1 saturated heterocycles. The van der Waals surface area contributed by atoms with Gasteiger partial charge in [-0.3, -0.25) is 14.4 Å². The summed E-state index contributed by atoms with van der Waals surface area (Å²) in [6, 6.07) is 7.63. The number of hydrogen-bond acceptors (Lipinski definition) is 5. The predicted molar refractivity (Wildman–Crippen MR) is 96.4 cm³/mol. The van der Waals surface area contributed by atoms with Crippen LogP contribution in [0.15, 0.2) is 49.3 Å². The zero-order chi connectivity index (χ0) is 17.8. The molecule has 2 aromatic heterocycles. The van der Waals surface area contributed by atoms with E-state index in [0.29, 0.717) is 5.56 Å². The van der Waals surface area contributed by atoms with E-state index in [2.05, 4.69) is 25.0 Å². The van der Waals surface area contributed by atoms with Crippen molar-refractivity contribution in [3.8, 4) is 11.4 Å². The summed E-state index contributed by atoms with van der Waals surface area (Å²) in [6.07, 6.45) is 6.74. The quantitative estimate of drug-likeness (QED) is 0.745. The minimum absolute atomic E-state index is 0.0629. The van der Waals surface area contributed by atoms with Gasteiger partial charge in [-0.2, -0.15) is 5.10 Å². The van der Waals surface area contributed by atoms with Crippen LogP contribution in [0.1, 0.15) is 10.4 Å². The average molecular weight is 351 g/mol. The average Bonchev–Trinajstić information content (AvgIpc) is 3.40. The molecular weight excluding hydrogens is 330 g/mol. The van der Waals surface area contributed by atoms with Gasteiger partial charge in [-0.1, -0.05) is 18.2 Å². The van der Waals surface area contributed by atoms with Gasteiger partial charge in [0.2, 0.25) is 0 Å². The maximum absolute atomic E-state index is 13.0. The fourth-order valence-electron chi connectivity index (χ4n) is 3.23. The molecule has 0 unspecified atom stereocenters. The first kappa shape index (κ1) is 16.5. The van der Waals surface area contributed by atoms with E-state index in [-0.39, 0.29) is 5.91 Å². The normalized spacial score (nSPS) is 15.3. The first-order chi connectivity index (χ1) is 12.8. The van der Waals surface area contributed by atoms with Crippen LogP contribution >= 0.6 is 0 Å². The zero-order valence-electron chi connectivity index (χ0n) is 14.5. The highest BCUT2D eigenvalue weighted by atomic mass is 16.2. The number of imidazole rings is 1. The Labute approximate surface area is 151 Å². The second-order valence-electron chi connectivity index (χ2n) is 6.28. The number of hydrogen-bond donors (Lipinski definition) is 1. The fourth-order valence-corrected chi connectivity index (χ4v) is 3.23. The van der Waals surface area contributed by atoms with Gasteiger partial charge in [-0.25, -0.2) is 9.97 Å². The Morgan fingerprint density at radius 3 is 2.69 bits per heavy atom. The highest BCUT2D eigenvalue weighted by Gasteiger charge is 2.24. The van der Waals surface area contributed by atoms with Gasteiger partial charge in [0.05, 0.1) is 12.1 Å². The predicted octanol–water partition coefficient (Wildman–Crippen LogP) is 1.13. The lowest BCUT2D eigenvalue weighted by Crippen LogP contribution is -2.49. The molecule has 8 nitrogen and oxygen atoms in total. The van der Waals surface area contributed by atoms with Gasteiger partial charge >= 0.3 is 0 Å². The molecule has 0 spiro atoms. The molecular formula is C18H21N7O. The van der Waals surface area contributed by atoms with Crippen LogP contribution in [0.2, 0.25) is 0 Å². The Morgan fingerprint density at radius 2 is 1.96 bits per heavy atom. The van der Waals surface area contributed by atoms with Crippen LogP contribution in [0.5, 0.6) is 0 Å². The Balaban J connectivity index is 1.38. The number of carbonyl (C=O) groups is 1. The number of benzene rings is 1. The van der Waals surface area contributed by atoms with Crippen LogP contribution in [0.3, 0.4) is 0 Å². The van der Waals surface area contributed by atoms with E-state index in [9.17, 15) is 4.79 Å². The summed E-state index contributed by atoms with van der Waals surface area (Å²) in [5, 5.41) is 4.12. The second-order valence-corrected chi connectivity index (χ2v) is 6.28. The fraction of sp³-hybridized carbons (Fsp3) is 0.333. The van der Waals surface area contributed by atoms with Crippen molar-refractivity contribution in [3.63, 3.8) is 0 Å². The van der Waals surface area contributed by atoms with Crippen LogP contribution in [-0.2, 0) is 6.54 Å². The van der Waals surface area contributed by atoms with Crippen LogP contribution in [0.25, 0.3) is 11.4 Å². The Morgan fingerprint density at radius 1 is 1.12 bits per heavy atom. The molecule has 0 bridgehead atoms. The third kappa shape index (κ3) is 3.50. The largest absolute Gasteiger partial charge is 0.345 e. The first-order valence-corrected chi connectivity index (χ1v) is 8.74. The van der Waals surface area contributed by atoms with Crippen molar-refractivity contribution in [1.29, 1.82) is 0 Å². The molecule has 8 heteroatoms. The van der Waals surface area contributed by atoms with Crippen molar-refractivity contribution in [1.82, 2.24) is 34.5 Å². The van der Waals surface area contributed by atoms with Gasteiger partial charge in [0, 0.05) is 50.7 Å². The van der Waals surface area contributed by atoms with Gasteiger partial charge < -0.3 is 9.88 Å². The van der Waals surface area contributed by atoms with Crippen molar-refractivity contribution >= 4 is 5.91 Å². The van der Waals surface area contributed by atoms with Crippen molar-refractivity contribution in [2.24, 2.45) is 0 Å². The van der Waals surface area contributed by atoms with E-state index >= 15 is 0 Å². The number of aromatic nitrogens is 5. The molecule has 0 radical (unpaired) electrons. The van der Waals surface area contributed by atoms with E-state index in [1.807, 2.05) is 33.8 Å². The molecule has 1 aromatic carbocycles. The van der Waals surface area contributed by atoms with E-state index in [1.54, 1.807) is 25.0 Å². The van der Waals surface area contributed by atoms with E-state index in [0.717, 1.165) is 50.7 Å². The lowest BCUT2D eigenvalue weighted by atomic mass is 10.1. The third-order valence-electron chi connectivity index (χ3n) is 4.68. The highest BCUT2D eigenvalue weighted by Crippen LogP contribution is 2.22. The first-order valence-electron chi connectivity index (χ1n) is 8.74. The summed E-state index contributed by atoms with van der Waals surface area (Å²) in [6.45, 7) is 4.90. The molecule has 1 amide bonds. The Bertz CT molecular complexity index is 836. The maximum atomic E-state index is 13.0. The van der Waals surface area contributed by atoms with Crippen LogP contribution in [0, 0.1) is 0 Å². The number of H-pyrrole nitrogens is 1. The van der Waals surface area contributed by atoms with Crippen molar-refractivity contribution in [3.05, 3.63) is 54.9 Å². The van der Waals surface area contributed by atoms with E-state index in [4.69, 9.17) is 0 Å². The Hall–Kier alpha value is -3.00. The third-order valence-corrected chi connectivity index (χ3v) is 4.68. The van der Waals surface area contributed by atoms with Crippen molar-refractivity contribution < 1.29 is 4.79 Å².